The van der Waals surface area contributed by atoms with Crippen LogP contribution in [0.2, 0.25) is 15.1 Å². The molecule has 2 N–H and O–H groups in total. The van der Waals surface area contributed by atoms with Gasteiger partial charge in [0.05, 0.1) is 23.6 Å². The quantitative estimate of drug-likeness (QED) is 0.325. The van der Waals surface area contributed by atoms with Crippen LogP contribution in [-0.4, -0.2) is 28.2 Å². The van der Waals surface area contributed by atoms with Crippen LogP contribution in [0.15, 0.2) is 54.7 Å². The number of pyridine rings is 1. The Morgan fingerprint density at radius 2 is 1.62 bits per heavy atom. The van der Waals surface area contributed by atoms with Crippen molar-refractivity contribution in [1.82, 2.24) is 4.98 Å². The van der Waals surface area contributed by atoms with Gasteiger partial charge in [-0.2, -0.15) is 0 Å². The second kappa shape index (κ2) is 9.80. The average molecular weight is 560 g/mol. The number of halogens is 5. The molecular weight excluding hydrogens is 544 g/mol. The van der Waals surface area contributed by atoms with Crippen molar-refractivity contribution in [3.63, 3.8) is 0 Å². The number of benzene rings is 2. The van der Waals surface area contributed by atoms with Gasteiger partial charge in [0.1, 0.15) is 4.33 Å². The zero-order valence-corrected chi connectivity index (χ0v) is 21.2. The van der Waals surface area contributed by atoms with Crippen LogP contribution in [0.5, 0.6) is 5.88 Å². The van der Waals surface area contributed by atoms with E-state index >= 15 is 0 Å². The van der Waals surface area contributed by atoms with E-state index in [4.69, 9.17) is 62.7 Å². The molecule has 2 unspecified atom stereocenters. The molecule has 3 aromatic rings. The Balaban J connectivity index is 1.50. The number of alkyl halides is 2. The van der Waals surface area contributed by atoms with Gasteiger partial charge >= 0.3 is 0 Å². The number of carbonyl (C=O) groups is 2. The highest BCUT2D eigenvalue weighted by molar-refractivity contribution is 6.53. The first kappa shape index (κ1) is 24.9. The van der Waals surface area contributed by atoms with E-state index in [1.165, 1.54) is 25.4 Å². The van der Waals surface area contributed by atoms with Crippen LogP contribution in [0.3, 0.4) is 0 Å². The summed E-state index contributed by atoms with van der Waals surface area (Å²) in [5, 5.41) is 6.51. The summed E-state index contributed by atoms with van der Waals surface area (Å²) in [5.74, 6) is -1.79. The predicted molar refractivity (Wildman–Crippen MR) is 136 cm³/mol. The molecule has 34 heavy (non-hydrogen) atoms. The van der Waals surface area contributed by atoms with E-state index in [0.29, 0.717) is 32.9 Å². The van der Waals surface area contributed by atoms with E-state index in [1.54, 1.807) is 36.4 Å². The third-order valence-electron chi connectivity index (χ3n) is 5.26. The summed E-state index contributed by atoms with van der Waals surface area (Å²) < 4.78 is 3.73. The molecule has 1 aromatic heterocycles. The number of methoxy groups -OCH3 is 1. The van der Waals surface area contributed by atoms with Gasteiger partial charge in [-0.3, -0.25) is 9.59 Å². The number of ether oxygens (including phenoxy) is 1. The first-order valence-corrected chi connectivity index (χ1v) is 11.7. The summed E-state index contributed by atoms with van der Waals surface area (Å²) in [6.07, 6.45) is 1.50. The fourth-order valence-corrected chi connectivity index (χ4v) is 5.19. The molecule has 2 amide bonds. The lowest BCUT2D eigenvalue weighted by molar-refractivity contribution is -0.117. The molecule has 4 rings (SSSR count). The standard InChI is InChI=1S/C23H16Cl5N3O3/c1-34-18-10-15(4-5-29-18)30-21(32)16-9-14(2-3-17(16)26)31-22(33)20-19(23(20,27)28)11-6-12(24)8-13(25)7-11/h2-10,19-20H,1H3,(H,31,33)(H,29,30,32). The number of nitrogens with zero attached hydrogens (tertiary/aromatic N) is 1. The Kier molecular flexibility index (Phi) is 7.17. The number of carbonyl (C=O) groups excluding carboxylic acids is 2. The third kappa shape index (κ3) is 5.21. The topological polar surface area (TPSA) is 80.3 Å². The number of amides is 2. The highest BCUT2D eigenvalue weighted by atomic mass is 35.5. The molecule has 1 aliphatic carbocycles. The van der Waals surface area contributed by atoms with Crippen molar-refractivity contribution >= 4 is 81.2 Å². The highest BCUT2D eigenvalue weighted by Gasteiger charge is 2.67. The molecule has 0 spiro atoms. The van der Waals surface area contributed by atoms with E-state index < -0.39 is 28.0 Å². The van der Waals surface area contributed by atoms with Gasteiger partial charge < -0.3 is 15.4 Å². The second-order valence-corrected chi connectivity index (χ2v) is 10.3. The molecule has 2 aromatic carbocycles. The number of nitrogens with one attached hydrogen (secondary N) is 2. The molecule has 0 aliphatic heterocycles. The maximum atomic E-state index is 13.0. The molecule has 11 heteroatoms. The number of aromatic nitrogens is 1. The van der Waals surface area contributed by atoms with Crippen molar-refractivity contribution < 1.29 is 14.3 Å². The summed E-state index contributed by atoms with van der Waals surface area (Å²) in [7, 11) is 1.47. The molecular formula is C23H16Cl5N3O3. The Bertz CT molecular complexity index is 1260. The summed E-state index contributed by atoms with van der Waals surface area (Å²) in [6, 6.07) is 12.6. The monoisotopic (exact) mass is 557 g/mol. The zero-order chi connectivity index (χ0) is 24.6. The highest BCUT2D eigenvalue weighted by Crippen LogP contribution is 2.65. The van der Waals surface area contributed by atoms with Gasteiger partial charge in [-0.05, 0) is 48.0 Å². The number of hydrogen-bond donors (Lipinski definition) is 2. The molecule has 1 aliphatic rings. The van der Waals surface area contributed by atoms with Gasteiger partial charge in [0.25, 0.3) is 5.91 Å². The minimum absolute atomic E-state index is 0.159. The van der Waals surface area contributed by atoms with Crippen molar-refractivity contribution in [2.75, 3.05) is 17.7 Å². The van der Waals surface area contributed by atoms with E-state index in [1.807, 2.05) is 0 Å². The van der Waals surface area contributed by atoms with Crippen molar-refractivity contribution in [3.8, 4) is 5.88 Å². The first-order chi connectivity index (χ1) is 16.1. The van der Waals surface area contributed by atoms with Crippen molar-refractivity contribution in [3.05, 3.63) is 80.9 Å². The molecule has 1 heterocycles. The van der Waals surface area contributed by atoms with E-state index in [-0.39, 0.29) is 10.6 Å². The summed E-state index contributed by atoms with van der Waals surface area (Å²) in [5.41, 5.74) is 1.64. The SMILES string of the molecule is COc1cc(NC(=O)c2cc(NC(=O)C3C(c4cc(Cl)cc(Cl)c4)C3(Cl)Cl)ccc2Cl)ccn1. The van der Waals surface area contributed by atoms with Crippen LogP contribution in [0.25, 0.3) is 0 Å². The predicted octanol–water partition coefficient (Wildman–Crippen LogP) is 6.83. The van der Waals surface area contributed by atoms with Gasteiger partial charge in [-0.1, -0.05) is 34.8 Å². The van der Waals surface area contributed by atoms with Crippen LogP contribution in [0, 0.1) is 5.92 Å². The average Bonchev–Trinajstić information content (AvgIpc) is 3.36. The van der Waals surface area contributed by atoms with Gasteiger partial charge in [-0.15, -0.1) is 23.2 Å². The Morgan fingerprint density at radius 3 is 2.29 bits per heavy atom. The maximum absolute atomic E-state index is 13.0. The third-order valence-corrected chi connectivity index (χ3v) is 6.97. The van der Waals surface area contributed by atoms with Crippen LogP contribution in [0.4, 0.5) is 11.4 Å². The van der Waals surface area contributed by atoms with Crippen LogP contribution in [0.1, 0.15) is 21.8 Å². The Morgan fingerprint density at radius 1 is 0.941 bits per heavy atom. The molecule has 1 saturated carbocycles. The molecule has 0 saturated heterocycles. The zero-order valence-electron chi connectivity index (χ0n) is 17.4. The van der Waals surface area contributed by atoms with Crippen molar-refractivity contribution in [2.24, 2.45) is 5.92 Å². The molecule has 2 atom stereocenters. The van der Waals surface area contributed by atoms with Gasteiger partial charge in [0.2, 0.25) is 11.8 Å². The van der Waals surface area contributed by atoms with Crippen molar-refractivity contribution in [2.45, 2.75) is 10.3 Å². The second-order valence-electron chi connectivity index (χ2n) is 7.56. The molecule has 0 bridgehead atoms. The fourth-order valence-electron chi connectivity index (χ4n) is 3.62. The summed E-state index contributed by atoms with van der Waals surface area (Å²) >= 11 is 31.2. The van der Waals surface area contributed by atoms with Gasteiger partial charge in [0, 0.05) is 39.6 Å². The number of rotatable bonds is 6. The van der Waals surface area contributed by atoms with Crippen LogP contribution in [-0.2, 0) is 4.79 Å². The molecule has 6 nitrogen and oxygen atoms in total. The summed E-state index contributed by atoms with van der Waals surface area (Å²) in [4.78, 5) is 29.7. The number of anilines is 2. The van der Waals surface area contributed by atoms with Crippen molar-refractivity contribution in [1.29, 1.82) is 0 Å². The Hall–Kier alpha value is -2.22. The van der Waals surface area contributed by atoms with E-state index in [9.17, 15) is 9.59 Å². The largest absolute Gasteiger partial charge is 0.481 e. The lowest BCUT2D eigenvalue weighted by atomic mass is 10.1. The molecule has 1 fully saturated rings. The first-order valence-electron chi connectivity index (χ1n) is 9.85. The lowest BCUT2D eigenvalue weighted by Crippen LogP contribution is -2.18. The van der Waals surface area contributed by atoms with Gasteiger partial charge in [0.15, 0.2) is 0 Å². The van der Waals surface area contributed by atoms with Crippen LogP contribution < -0.4 is 15.4 Å². The van der Waals surface area contributed by atoms with Crippen LogP contribution >= 0.6 is 58.0 Å². The maximum Gasteiger partial charge on any atom is 0.257 e. The van der Waals surface area contributed by atoms with E-state index in [2.05, 4.69) is 15.6 Å². The van der Waals surface area contributed by atoms with Gasteiger partial charge in [-0.25, -0.2) is 4.98 Å². The minimum atomic E-state index is -1.33. The van der Waals surface area contributed by atoms with E-state index in [0.717, 1.165) is 0 Å². The minimum Gasteiger partial charge on any atom is -0.481 e. The summed E-state index contributed by atoms with van der Waals surface area (Å²) in [6.45, 7) is 0. The normalized spacial score (nSPS) is 18.2. The Labute approximate surface area is 220 Å². The fraction of sp³-hybridized carbons (Fsp3) is 0.174. The smallest absolute Gasteiger partial charge is 0.257 e. The molecule has 176 valence electrons. The lowest BCUT2D eigenvalue weighted by Gasteiger charge is -2.11. The molecule has 0 radical (unpaired) electrons. The number of hydrogen-bond acceptors (Lipinski definition) is 4.